The second-order valence-corrected chi connectivity index (χ2v) is 6.75. The predicted molar refractivity (Wildman–Crippen MR) is 100 cm³/mol. The first-order chi connectivity index (χ1) is 12.2. The Balaban J connectivity index is 1.69. The molecule has 8 heteroatoms. The predicted octanol–water partition coefficient (Wildman–Crippen LogP) is 3.94. The standard InChI is InChI=1S/C17H15N3O3S2/c1-22-12-6-7-13(23-2)11(10-12)5-8-15(21)18-17-20-19-16(25-17)14-4-3-9-24-14/h3-10H,1-2H3,(H,18,20,21)/b8-5+. The van der Waals surface area contributed by atoms with Crippen LogP contribution in [-0.2, 0) is 4.79 Å². The molecule has 3 aromatic rings. The van der Waals surface area contributed by atoms with Gasteiger partial charge in [-0.05, 0) is 35.7 Å². The van der Waals surface area contributed by atoms with Gasteiger partial charge in [-0.1, -0.05) is 17.4 Å². The Hall–Kier alpha value is -2.71. The Morgan fingerprint density at radius 1 is 1.20 bits per heavy atom. The zero-order valence-corrected chi connectivity index (χ0v) is 15.2. The number of methoxy groups -OCH3 is 2. The number of anilines is 1. The molecule has 0 saturated carbocycles. The summed E-state index contributed by atoms with van der Waals surface area (Å²) in [5.41, 5.74) is 0.744. The highest BCUT2D eigenvalue weighted by Gasteiger charge is 2.09. The van der Waals surface area contributed by atoms with E-state index in [4.69, 9.17) is 9.47 Å². The summed E-state index contributed by atoms with van der Waals surface area (Å²) in [6.45, 7) is 0. The molecule has 128 valence electrons. The normalized spacial score (nSPS) is 10.8. The molecule has 3 rings (SSSR count). The van der Waals surface area contributed by atoms with Gasteiger partial charge in [0.1, 0.15) is 11.5 Å². The molecule has 2 aromatic heterocycles. The van der Waals surface area contributed by atoms with Gasteiger partial charge < -0.3 is 9.47 Å². The van der Waals surface area contributed by atoms with E-state index in [2.05, 4.69) is 15.5 Å². The van der Waals surface area contributed by atoms with E-state index >= 15 is 0 Å². The third-order valence-corrected chi connectivity index (χ3v) is 5.12. The van der Waals surface area contributed by atoms with Gasteiger partial charge in [0.15, 0.2) is 5.01 Å². The third-order valence-electron chi connectivity index (χ3n) is 3.24. The second kappa shape index (κ2) is 7.91. The highest BCUT2D eigenvalue weighted by atomic mass is 32.1. The van der Waals surface area contributed by atoms with Crippen LogP contribution in [0, 0.1) is 0 Å². The number of nitrogens with one attached hydrogen (secondary N) is 1. The van der Waals surface area contributed by atoms with Crippen LogP contribution < -0.4 is 14.8 Å². The van der Waals surface area contributed by atoms with Gasteiger partial charge in [-0.3, -0.25) is 10.1 Å². The minimum atomic E-state index is -0.293. The van der Waals surface area contributed by atoms with Gasteiger partial charge in [0.25, 0.3) is 0 Å². The average Bonchev–Trinajstić information content (AvgIpc) is 3.31. The largest absolute Gasteiger partial charge is 0.497 e. The van der Waals surface area contributed by atoms with Crippen LogP contribution in [0.1, 0.15) is 5.56 Å². The van der Waals surface area contributed by atoms with Gasteiger partial charge in [-0.2, -0.15) is 0 Å². The van der Waals surface area contributed by atoms with E-state index in [1.54, 1.807) is 49.8 Å². The van der Waals surface area contributed by atoms with Crippen molar-refractivity contribution < 1.29 is 14.3 Å². The van der Waals surface area contributed by atoms with Gasteiger partial charge in [-0.25, -0.2) is 0 Å². The van der Waals surface area contributed by atoms with Crippen LogP contribution in [0.5, 0.6) is 11.5 Å². The summed E-state index contributed by atoms with van der Waals surface area (Å²) in [6.07, 6.45) is 3.08. The molecule has 0 atom stereocenters. The average molecular weight is 373 g/mol. The first kappa shape index (κ1) is 17.1. The van der Waals surface area contributed by atoms with E-state index in [-0.39, 0.29) is 5.91 Å². The molecule has 1 N–H and O–H groups in total. The number of rotatable bonds is 6. The quantitative estimate of drug-likeness (QED) is 0.663. The maximum atomic E-state index is 12.1. The summed E-state index contributed by atoms with van der Waals surface area (Å²) in [6, 6.07) is 9.29. The van der Waals surface area contributed by atoms with Crippen molar-refractivity contribution in [1.82, 2.24) is 10.2 Å². The lowest BCUT2D eigenvalue weighted by atomic mass is 10.1. The molecular formula is C17H15N3O3S2. The van der Waals surface area contributed by atoms with Crippen molar-refractivity contribution in [2.75, 3.05) is 19.5 Å². The minimum Gasteiger partial charge on any atom is -0.497 e. The first-order valence-electron chi connectivity index (χ1n) is 7.28. The first-order valence-corrected chi connectivity index (χ1v) is 8.97. The topological polar surface area (TPSA) is 73.3 Å². The molecule has 0 fully saturated rings. The van der Waals surface area contributed by atoms with Crippen LogP contribution in [0.15, 0.2) is 41.8 Å². The molecule has 0 aliphatic rings. The van der Waals surface area contributed by atoms with E-state index in [0.29, 0.717) is 16.6 Å². The highest BCUT2D eigenvalue weighted by Crippen LogP contribution is 2.30. The van der Waals surface area contributed by atoms with Crippen LogP contribution in [0.4, 0.5) is 5.13 Å². The Morgan fingerprint density at radius 3 is 2.80 bits per heavy atom. The van der Waals surface area contributed by atoms with Crippen LogP contribution in [0.2, 0.25) is 0 Å². The molecular weight excluding hydrogens is 358 g/mol. The number of carbonyl (C=O) groups excluding carboxylic acids is 1. The molecule has 0 unspecified atom stereocenters. The Labute approximate surface area is 152 Å². The molecule has 25 heavy (non-hydrogen) atoms. The van der Waals surface area contributed by atoms with Gasteiger partial charge in [-0.15, -0.1) is 21.5 Å². The van der Waals surface area contributed by atoms with Gasteiger partial charge in [0.2, 0.25) is 11.0 Å². The number of hydrogen-bond donors (Lipinski definition) is 1. The lowest BCUT2D eigenvalue weighted by Gasteiger charge is -2.07. The molecule has 1 aromatic carbocycles. The SMILES string of the molecule is COc1ccc(OC)c(/C=C/C(=O)Nc2nnc(-c3cccs3)s2)c1. The number of nitrogens with zero attached hydrogens (tertiary/aromatic N) is 2. The van der Waals surface area contributed by atoms with E-state index < -0.39 is 0 Å². The summed E-state index contributed by atoms with van der Waals surface area (Å²) in [7, 11) is 3.16. The molecule has 0 spiro atoms. The lowest BCUT2D eigenvalue weighted by Crippen LogP contribution is -2.07. The number of aromatic nitrogens is 2. The fourth-order valence-electron chi connectivity index (χ4n) is 2.06. The minimum absolute atomic E-state index is 0.293. The molecule has 0 saturated heterocycles. The second-order valence-electron chi connectivity index (χ2n) is 4.82. The zero-order chi connectivity index (χ0) is 17.6. The number of ether oxygens (including phenoxy) is 2. The number of amides is 1. The molecule has 6 nitrogen and oxygen atoms in total. The number of hydrogen-bond acceptors (Lipinski definition) is 7. The van der Waals surface area contributed by atoms with Crippen molar-refractivity contribution in [3.05, 3.63) is 47.4 Å². The van der Waals surface area contributed by atoms with Crippen LogP contribution in [0.3, 0.4) is 0 Å². The van der Waals surface area contributed by atoms with Gasteiger partial charge in [0.05, 0.1) is 19.1 Å². The van der Waals surface area contributed by atoms with E-state index in [1.165, 1.54) is 17.4 Å². The third kappa shape index (κ3) is 4.23. The fraction of sp³-hybridized carbons (Fsp3) is 0.118. The van der Waals surface area contributed by atoms with Crippen molar-refractivity contribution >= 4 is 39.8 Å². The van der Waals surface area contributed by atoms with Crippen molar-refractivity contribution in [2.45, 2.75) is 0 Å². The van der Waals surface area contributed by atoms with Gasteiger partial charge >= 0.3 is 0 Å². The van der Waals surface area contributed by atoms with Crippen molar-refractivity contribution in [3.63, 3.8) is 0 Å². The summed E-state index contributed by atoms with van der Waals surface area (Å²) < 4.78 is 10.5. The lowest BCUT2D eigenvalue weighted by molar-refractivity contribution is -0.111. The monoisotopic (exact) mass is 373 g/mol. The van der Waals surface area contributed by atoms with Crippen LogP contribution >= 0.6 is 22.7 Å². The molecule has 0 aliphatic carbocycles. The van der Waals surface area contributed by atoms with Crippen molar-refractivity contribution in [1.29, 1.82) is 0 Å². The van der Waals surface area contributed by atoms with Crippen LogP contribution in [0.25, 0.3) is 16.0 Å². The number of carbonyl (C=O) groups is 1. The molecule has 0 bridgehead atoms. The number of thiophene rings is 1. The zero-order valence-electron chi connectivity index (χ0n) is 13.6. The van der Waals surface area contributed by atoms with E-state index in [0.717, 1.165) is 15.4 Å². The molecule has 0 radical (unpaired) electrons. The van der Waals surface area contributed by atoms with E-state index in [9.17, 15) is 4.79 Å². The highest BCUT2D eigenvalue weighted by molar-refractivity contribution is 7.23. The summed E-state index contributed by atoms with van der Waals surface area (Å²) in [5.74, 6) is 1.05. The summed E-state index contributed by atoms with van der Waals surface area (Å²) in [4.78, 5) is 13.1. The molecule has 2 heterocycles. The Morgan fingerprint density at radius 2 is 2.08 bits per heavy atom. The molecule has 0 aliphatic heterocycles. The Bertz CT molecular complexity index is 888. The van der Waals surface area contributed by atoms with Crippen molar-refractivity contribution in [2.24, 2.45) is 0 Å². The Kier molecular flexibility index (Phi) is 5.42. The number of benzene rings is 1. The van der Waals surface area contributed by atoms with Crippen molar-refractivity contribution in [3.8, 4) is 21.4 Å². The van der Waals surface area contributed by atoms with E-state index in [1.807, 2.05) is 17.5 Å². The van der Waals surface area contributed by atoms with Crippen LogP contribution in [-0.4, -0.2) is 30.3 Å². The molecule has 1 amide bonds. The summed E-state index contributed by atoms with van der Waals surface area (Å²) >= 11 is 2.91. The smallest absolute Gasteiger partial charge is 0.250 e. The summed E-state index contributed by atoms with van der Waals surface area (Å²) in [5, 5.41) is 14.0. The maximum absolute atomic E-state index is 12.1. The van der Waals surface area contributed by atoms with Gasteiger partial charge in [0, 0.05) is 11.6 Å². The fourth-order valence-corrected chi connectivity index (χ4v) is 3.59. The maximum Gasteiger partial charge on any atom is 0.250 e.